The van der Waals surface area contributed by atoms with Crippen LogP contribution in [0.4, 0.5) is 0 Å². The van der Waals surface area contributed by atoms with E-state index in [0.29, 0.717) is 10.6 Å². The molecule has 2 aromatic carbocycles. The summed E-state index contributed by atoms with van der Waals surface area (Å²) in [6, 6.07) is 11.4. The summed E-state index contributed by atoms with van der Waals surface area (Å²) in [7, 11) is 0. The maximum Gasteiger partial charge on any atom is 0.355 e. The lowest BCUT2D eigenvalue weighted by Gasteiger charge is -2.05. The van der Waals surface area contributed by atoms with Crippen LogP contribution >= 0.6 is 11.6 Å². The van der Waals surface area contributed by atoms with Crippen molar-refractivity contribution >= 4 is 29.5 Å². The molecule has 1 heterocycles. The van der Waals surface area contributed by atoms with Crippen molar-refractivity contribution in [1.29, 1.82) is 0 Å². The zero-order chi connectivity index (χ0) is 19.7. The Kier molecular flexibility index (Phi) is 4.66. The second-order valence-corrected chi connectivity index (χ2v) is 5.89. The van der Waals surface area contributed by atoms with Gasteiger partial charge in [0.05, 0.1) is 11.3 Å². The predicted molar refractivity (Wildman–Crippen MR) is 94.9 cm³/mol. The Hall–Kier alpha value is -3.65. The quantitative estimate of drug-likeness (QED) is 0.613. The predicted octanol–water partition coefficient (Wildman–Crippen LogP) is 3.29. The Labute approximate surface area is 156 Å². The number of aromatic nitrogens is 2. The minimum absolute atomic E-state index is 0.000774. The first-order chi connectivity index (χ1) is 12.8. The molecular weight excluding hydrogens is 376 g/mol. The number of aromatic carboxylic acids is 3. The van der Waals surface area contributed by atoms with Gasteiger partial charge in [-0.3, -0.25) is 0 Å². The van der Waals surface area contributed by atoms with Crippen molar-refractivity contribution in [2.75, 3.05) is 0 Å². The first kappa shape index (κ1) is 18.2. The van der Waals surface area contributed by atoms with Gasteiger partial charge in [0.2, 0.25) is 0 Å². The molecule has 0 atom stereocenters. The van der Waals surface area contributed by atoms with Gasteiger partial charge in [-0.1, -0.05) is 23.7 Å². The molecule has 136 valence electrons. The second kappa shape index (κ2) is 6.93. The van der Waals surface area contributed by atoms with E-state index in [2.05, 4.69) is 5.10 Å². The van der Waals surface area contributed by atoms with Crippen LogP contribution in [0, 0.1) is 0 Å². The molecule has 27 heavy (non-hydrogen) atoms. The molecule has 0 aliphatic heterocycles. The third-order valence-electron chi connectivity index (χ3n) is 3.78. The van der Waals surface area contributed by atoms with Crippen LogP contribution in [0.2, 0.25) is 5.02 Å². The molecular formula is C18H11ClN2O6. The largest absolute Gasteiger partial charge is 0.478 e. The fourth-order valence-electron chi connectivity index (χ4n) is 2.56. The molecule has 3 rings (SSSR count). The molecule has 0 radical (unpaired) electrons. The summed E-state index contributed by atoms with van der Waals surface area (Å²) in [6.45, 7) is 0. The molecule has 8 nitrogen and oxygen atoms in total. The van der Waals surface area contributed by atoms with E-state index in [9.17, 15) is 24.6 Å². The highest BCUT2D eigenvalue weighted by Crippen LogP contribution is 2.29. The van der Waals surface area contributed by atoms with E-state index < -0.39 is 29.2 Å². The number of carboxylic acid groups (broad SMARTS) is 3. The average molecular weight is 387 g/mol. The van der Waals surface area contributed by atoms with Gasteiger partial charge in [0.25, 0.3) is 0 Å². The number of rotatable bonds is 5. The summed E-state index contributed by atoms with van der Waals surface area (Å²) >= 11 is 5.84. The third-order valence-corrected chi connectivity index (χ3v) is 4.03. The third kappa shape index (κ3) is 3.38. The fraction of sp³-hybridized carbons (Fsp3) is 0. The fourth-order valence-corrected chi connectivity index (χ4v) is 2.69. The molecule has 1 aromatic heterocycles. The van der Waals surface area contributed by atoms with E-state index in [-0.39, 0.29) is 16.9 Å². The number of halogens is 1. The standard InChI is InChI=1S/C18H11ClN2O6/c19-11-5-1-9(2-6-11)14-13(17(24)25)15(18(26)27)21(20-14)12-7-3-10(4-8-12)16(22)23/h1-8H,(H,22,23)(H,24,25)(H,26,27). The van der Waals surface area contributed by atoms with Crippen molar-refractivity contribution in [1.82, 2.24) is 9.78 Å². The smallest absolute Gasteiger partial charge is 0.355 e. The molecule has 0 saturated carbocycles. The number of benzene rings is 2. The minimum atomic E-state index is -1.48. The van der Waals surface area contributed by atoms with E-state index in [1.54, 1.807) is 0 Å². The Morgan fingerprint density at radius 2 is 1.41 bits per heavy atom. The maximum absolute atomic E-state index is 11.8. The number of hydrogen-bond donors (Lipinski definition) is 3. The molecule has 0 unspecified atom stereocenters. The number of hydrogen-bond acceptors (Lipinski definition) is 4. The van der Waals surface area contributed by atoms with Gasteiger partial charge in [-0.05, 0) is 36.4 Å². The monoisotopic (exact) mass is 386 g/mol. The summed E-state index contributed by atoms with van der Waals surface area (Å²) in [6.07, 6.45) is 0. The van der Waals surface area contributed by atoms with Crippen molar-refractivity contribution in [2.24, 2.45) is 0 Å². The molecule has 0 fully saturated rings. The molecule has 0 spiro atoms. The summed E-state index contributed by atoms with van der Waals surface area (Å²) in [5, 5.41) is 32.7. The maximum atomic E-state index is 11.8. The van der Waals surface area contributed by atoms with E-state index in [1.807, 2.05) is 0 Å². The van der Waals surface area contributed by atoms with Crippen molar-refractivity contribution in [3.63, 3.8) is 0 Å². The molecule has 3 N–H and O–H groups in total. The van der Waals surface area contributed by atoms with Gasteiger partial charge in [0, 0.05) is 10.6 Å². The first-order valence-electron chi connectivity index (χ1n) is 7.49. The van der Waals surface area contributed by atoms with Gasteiger partial charge in [0.15, 0.2) is 5.69 Å². The number of carboxylic acids is 3. The van der Waals surface area contributed by atoms with Crippen LogP contribution in [0.5, 0.6) is 0 Å². The van der Waals surface area contributed by atoms with Gasteiger partial charge in [-0.15, -0.1) is 0 Å². The lowest BCUT2D eigenvalue weighted by molar-refractivity contribution is 0.0646. The molecule has 0 amide bonds. The Morgan fingerprint density at radius 1 is 0.815 bits per heavy atom. The van der Waals surface area contributed by atoms with Crippen molar-refractivity contribution in [3.05, 3.63) is 70.4 Å². The molecule has 0 saturated heterocycles. The van der Waals surface area contributed by atoms with Crippen LogP contribution < -0.4 is 0 Å². The normalized spacial score (nSPS) is 10.6. The number of carbonyl (C=O) groups is 3. The van der Waals surface area contributed by atoms with Gasteiger partial charge in [-0.2, -0.15) is 5.10 Å². The molecule has 0 aliphatic carbocycles. The molecule has 0 aliphatic rings. The lowest BCUT2D eigenvalue weighted by atomic mass is 10.1. The van der Waals surface area contributed by atoms with E-state index >= 15 is 0 Å². The topological polar surface area (TPSA) is 130 Å². The summed E-state index contributed by atoms with van der Waals surface area (Å²) in [5.74, 6) is -4.08. The first-order valence-corrected chi connectivity index (χ1v) is 7.86. The van der Waals surface area contributed by atoms with Crippen LogP contribution in [0.1, 0.15) is 31.2 Å². The molecule has 3 aromatic rings. The molecule has 9 heteroatoms. The Balaban J connectivity index is 2.26. The van der Waals surface area contributed by atoms with Crippen LogP contribution in [-0.2, 0) is 0 Å². The molecule has 0 bridgehead atoms. The van der Waals surface area contributed by atoms with Crippen molar-refractivity contribution in [3.8, 4) is 16.9 Å². The van der Waals surface area contributed by atoms with Crippen LogP contribution in [0.3, 0.4) is 0 Å². The summed E-state index contributed by atoms with van der Waals surface area (Å²) < 4.78 is 0.960. The second-order valence-electron chi connectivity index (χ2n) is 5.45. The van der Waals surface area contributed by atoms with Crippen molar-refractivity contribution in [2.45, 2.75) is 0 Å². The van der Waals surface area contributed by atoms with Gasteiger partial charge < -0.3 is 15.3 Å². The zero-order valence-electron chi connectivity index (χ0n) is 13.5. The highest BCUT2D eigenvalue weighted by Gasteiger charge is 2.29. The van der Waals surface area contributed by atoms with Gasteiger partial charge in [-0.25, -0.2) is 19.1 Å². The van der Waals surface area contributed by atoms with E-state index in [0.717, 1.165) is 4.68 Å². The average Bonchev–Trinajstić information content (AvgIpc) is 3.03. The highest BCUT2D eigenvalue weighted by atomic mass is 35.5. The minimum Gasteiger partial charge on any atom is -0.478 e. The van der Waals surface area contributed by atoms with E-state index in [1.165, 1.54) is 48.5 Å². The summed E-state index contributed by atoms with van der Waals surface area (Å²) in [4.78, 5) is 34.5. The van der Waals surface area contributed by atoms with E-state index in [4.69, 9.17) is 16.7 Å². The van der Waals surface area contributed by atoms with Crippen molar-refractivity contribution < 1.29 is 29.7 Å². The van der Waals surface area contributed by atoms with Crippen LogP contribution in [0.15, 0.2) is 48.5 Å². The summed E-state index contributed by atoms with van der Waals surface area (Å²) in [5.41, 5.74) is -0.485. The zero-order valence-corrected chi connectivity index (χ0v) is 14.2. The lowest BCUT2D eigenvalue weighted by Crippen LogP contribution is -2.12. The van der Waals surface area contributed by atoms with Crippen LogP contribution in [0.25, 0.3) is 16.9 Å². The Bertz CT molecular complexity index is 1050. The Morgan fingerprint density at radius 3 is 1.89 bits per heavy atom. The number of nitrogens with zero attached hydrogens (tertiary/aromatic N) is 2. The van der Waals surface area contributed by atoms with Gasteiger partial charge >= 0.3 is 17.9 Å². The van der Waals surface area contributed by atoms with Crippen LogP contribution in [-0.4, -0.2) is 43.0 Å². The SMILES string of the molecule is O=C(O)c1ccc(-n2nc(-c3ccc(Cl)cc3)c(C(=O)O)c2C(=O)O)cc1. The van der Waals surface area contributed by atoms with Gasteiger partial charge in [0.1, 0.15) is 11.3 Å². The highest BCUT2D eigenvalue weighted by molar-refractivity contribution is 6.30.